The summed E-state index contributed by atoms with van der Waals surface area (Å²) in [6.07, 6.45) is 4.88. The summed E-state index contributed by atoms with van der Waals surface area (Å²) >= 11 is 1.52. The number of likely N-dealkylation sites (N-methyl/N-ethyl adjacent to an activating group) is 1. The molecule has 0 fully saturated rings. The molecule has 0 atom stereocenters. The molecule has 0 saturated heterocycles. The summed E-state index contributed by atoms with van der Waals surface area (Å²) in [7, 11) is 1.83. The smallest absolute Gasteiger partial charge is 0.236 e. The van der Waals surface area contributed by atoms with Gasteiger partial charge in [-0.05, 0) is 86.6 Å². The highest BCUT2D eigenvalue weighted by Crippen LogP contribution is 2.42. The number of amides is 1. The Morgan fingerprint density at radius 2 is 1.69 bits per heavy atom. The second-order valence-corrected chi connectivity index (χ2v) is 10.7. The highest BCUT2D eigenvalue weighted by molar-refractivity contribution is 7.14. The molecule has 0 saturated carbocycles. The number of aryl methyl sites for hydroxylation is 2. The number of hydrogen-bond donors (Lipinski definition) is 1. The van der Waals surface area contributed by atoms with Gasteiger partial charge < -0.3 is 10.2 Å². The summed E-state index contributed by atoms with van der Waals surface area (Å²) in [5.41, 5.74) is 8.24. The quantitative estimate of drug-likeness (QED) is 0.379. The Bertz CT molecular complexity index is 1440. The first-order chi connectivity index (χ1) is 16.9. The minimum Gasteiger partial charge on any atom is -0.315 e. The Kier molecular flexibility index (Phi) is 5.18. The van der Waals surface area contributed by atoms with E-state index in [0.717, 1.165) is 45.3 Å². The molecule has 3 heterocycles. The van der Waals surface area contributed by atoms with Crippen LogP contribution in [0.5, 0.6) is 0 Å². The van der Waals surface area contributed by atoms with Gasteiger partial charge in [0.1, 0.15) is 0 Å². The zero-order valence-corrected chi connectivity index (χ0v) is 20.9. The van der Waals surface area contributed by atoms with Gasteiger partial charge in [0.15, 0.2) is 10.9 Å². The zero-order valence-electron chi connectivity index (χ0n) is 20.1. The van der Waals surface area contributed by atoms with Gasteiger partial charge in [-0.25, -0.2) is 4.98 Å². The third kappa shape index (κ3) is 3.80. The molecule has 0 bridgehead atoms. The van der Waals surface area contributed by atoms with Crippen molar-refractivity contribution in [3.8, 4) is 22.5 Å². The average Bonchev–Trinajstić information content (AvgIpc) is 3.41. The maximum Gasteiger partial charge on any atom is 0.236 e. The number of benzene rings is 2. The first kappa shape index (κ1) is 21.9. The summed E-state index contributed by atoms with van der Waals surface area (Å²) in [5.74, 6) is 0.776. The number of fused-ring (bicyclic) bond motifs is 2. The lowest BCUT2D eigenvalue weighted by Crippen LogP contribution is -2.33. The van der Waals surface area contributed by atoms with E-state index in [1.54, 1.807) is 4.90 Å². The Hall–Kier alpha value is -3.58. The van der Waals surface area contributed by atoms with Gasteiger partial charge in [0.2, 0.25) is 5.91 Å². The molecule has 7 heteroatoms. The SMILES string of the molecule is CN1C(=O)C(C)(C)c2cc(-c3csc(Nc4ccc(-c5ccc6c(c5)CCCC6)nn4)n3)ccc21. The third-order valence-corrected chi connectivity index (χ3v) is 7.97. The lowest BCUT2D eigenvalue weighted by atomic mass is 9.85. The Morgan fingerprint density at radius 1 is 0.914 bits per heavy atom. The molecule has 1 amide bonds. The van der Waals surface area contributed by atoms with Gasteiger partial charge in [0.05, 0.1) is 16.8 Å². The zero-order chi connectivity index (χ0) is 24.2. The Morgan fingerprint density at radius 3 is 2.49 bits per heavy atom. The number of hydrogen-bond acceptors (Lipinski definition) is 6. The number of carbonyl (C=O) groups is 1. The molecule has 2 aliphatic rings. The van der Waals surface area contributed by atoms with E-state index in [9.17, 15) is 4.79 Å². The number of nitrogens with zero attached hydrogens (tertiary/aromatic N) is 4. The number of rotatable bonds is 4. The predicted octanol–water partition coefficient (Wildman–Crippen LogP) is 6.14. The molecule has 2 aromatic heterocycles. The standard InChI is InChI=1S/C28H27N5OS/c1-28(2)21-15-20(10-12-24(21)33(3)26(28)34)23-16-35-27(29-23)30-25-13-11-22(31-32-25)19-9-8-17-6-4-5-7-18(17)14-19/h8-16H,4-7H2,1-3H3,(H,29,30,32). The molecule has 2 aromatic carbocycles. The molecule has 1 N–H and O–H groups in total. The second kappa shape index (κ2) is 8.27. The van der Waals surface area contributed by atoms with Gasteiger partial charge >= 0.3 is 0 Å². The molecular formula is C28H27N5OS. The minimum atomic E-state index is -0.535. The molecule has 35 heavy (non-hydrogen) atoms. The van der Waals surface area contributed by atoms with E-state index >= 15 is 0 Å². The summed E-state index contributed by atoms with van der Waals surface area (Å²) in [6, 6.07) is 16.7. The predicted molar refractivity (Wildman–Crippen MR) is 141 cm³/mol. The molecule has 0 unspecified atom stereocenters. The molecule has 6 rings (SSSR count). The highest BCUT2D eigenvalue weighted by atomic mass is 32.1. The van der Waals surface area contributed by atoms with Crippen LogP contribution < -0.4 is 10.2 Å². The topological polar surface area (TPSA) is 71.0 Å². The number of aromatic nitrogens is 3. The largest absolute Gasteiger partial charge is 0.315 e. The van der Waals surface area contributed by atoms with E-state index in [2.05, 4.69) is 39.8 Å². The van der Waals surface area contributed by atoms with Crippen LogP contribution in [-0.2, 0) is 23.1 Å². The summed E-state index contributed by atoms with van der Waals surface area (Å²) in [6.45, 7) is 3.95. The Labute approximate surface area is 209 Å². The minimum absolute atomic E-state index is 0.114. The van der Waals surface area contributed by atoms with E-state index in [1.165, 1.54) is 41.7 Å². The first-order valence-corrected chi connectivity index (χ1v) is 12.9. The van der Waals surface area contributed by atoms with Crippen molar-refractivity contribution in [1.29, 1.82) is 0 Å². The van der Waals surface area contributed by atoms with E-state index < -0.39 is 5.41 Å². The second-order valence-electron chi connectivity index (χ2n) is 9.88. The molecule has 1 aliphatic carbocycles. The fourth-order valence-electron chi connectivity index (χ4n) is 5.15. The molecule has 1 aliphatic heterocycles. The van der Waals surface area contributed by atoms with E-state index in [-0.39, 0.29) is 5.91 Å². The van der Waals surface area contributed by atoms with Crippen LogP contribution in [0.4, 0.5) is 16.6 Å². The lowest BCUT2D eigenvalue weighted by molar-refractivity contribution is -0.121. The van der Waals surface area contributed by atoms with Crippen molar-refractivity contribution in [1.82, 2.24) is 15.2 Å². The summed E-state index contributed by atoms with van der Waals surface area (Å²) in [4.78, 5) is 19.1. The molecule has 0 radical (unpaired) electrons. The van der Waals surface area contributed by atoms with Crippen LogP contribution in [0.2, 0.25) is 0 Å². The molecule has 176 valence electrons. The van der Waals surface area contributed by atoms with Crippen molar-refractivity contribution in [3.05, 3.63) is 70.6 Å². The number of nitrogens with one attached hydrogen (secondary N) is 1. The van der Waals surface area contributed by atoms with Crippen molar-refractivity contribution < 1.29 is 4.79 Å². The van der Waals surface area contributed by atoms with Crippen LogP contribution >= 0.6 is 11.3 Å². The molecular weight excluding hydrogens is 454 g/mol. The van der Waals surface area contributed by atoms with Crippen molar-refractivity contribution in [2.45, 2.75) is 44.9 Å². The lowest BCUT2D eigenvalue weighted by Gasteiger charge is -2.16. The van der Waals surface area contributed by atoms with Gasteiger partial charge in [-0.1, -0.05) is 18.2 Å². The maximum absolute atomic E-state index is 12.6. The summed E-state index contributed by atoms with van der Waals surface area (Å²) in [5, 5.41) is 14.9. The van der Waals surface area contributed by atoms with Crippen molar-refractivity contribution in [2.75, 3.05) is 17.3 Å². The fourth-order valence-corrected chi connectivity index (χ4v) is 5.88. The average molecular weight is 482 g/mol. The number of anilines is 3. The van der Waals surface area contributed by atoms with Crippen LogP contribution in [0, 0.1) is 0 Å². The normalized spacial score (nSPS) is 16.2. The van der Waals surface area contributed by atoms with Crippen LogP contribution in [0.25, 0.3) is 22.5 Å². The van der Waals surface area contributed by atoms with Gasteiger partial charge in [0, 0.05) is 29.2 Å². The van der Waals surface area contributed by atoms with Gasteiger partial charge in [-0.3, -0.25) is 4.79 Å². The van der Waals surface area contributed by atoms with Gasteiger partial charge in [0.25, 0.3) is 0 Å². The fraction of sp³-hybridized carbons (Fsp3) is 0.286. The first-order valence-electron chi connectivity index (χ1n) is 12.0. The monoisotopic (exact) mass is 481 g/mol. The van der Waals surface area contributed by atoms with E-state index in [0.29, 0.717) is 5.82 Å². The van der Waals surface area contributed by atoms with Gasteiger partial charge in [-0.2, -0.15) is 0 Å². The Balaban J connectivity index is 1.20. The highest BCUT2D eigenvalue weighted by Gasteiger charge is 2.42. The van der Waals surface area contributed by atoms with Crippen molar-refractivity contribution in [2.24, 2.45) is 0 Å². The van der Waals surface area contributed by atoms with Crippen molar-refractivity contribution in [3.63, 3.8) is 0 Å². The van der Waals surface area contributed by atoms with E-state index in [1.807, 2.05) is 50.5 Å². The van der Waals surface area contributed by atoms with Gasteiger partial charge in [-0.15, -0.1) is 21.5 Å². The number of thiazole rings is 1. The van der Waals surface area contributed by atoms with Crippen LogP contribution in [0.1, 0.15) is 43.4 Å². The third-order valence-electron chi connectivity index (χ3n) is 7.21. The number of carbonyl (C=O) groups excluding carboxylic acids is 1. The molecule has 6 nitrogen and oxygen atoms in total. The molecule has 0 spiro atoms. The summed E-state index contributed by atoms with van der Waals surface area (Å²) < 4.78 is 0. The van der Waals surface area contributed by atoms with Crippen LogP contribution in [-0.4, -0.2) is 28.1 Å². The van der Waals surface area contributed by atoms with Crippen molar-refractivity contribution >= 4 is 33.9 Å². The van der Waals surface area contributed by atoms with E-state index in [4.69, 9.17) is 4.98 Å². The van der Waals surface area contributed by atoms with Crippen LogP contribution in [0.15, 0.2) is 53.9 Å². The molecule has 4 aromatic rings. The maximum atomic E-state index is 12.6. The van der Waals surface area contributed by atoms with Crippen LogP contribution in [0.3, 0.4) is 0 Å².